The Labute approximate surface area is 120 Å². The molecular formula is C13H21N3O3S. The first-order valence-corrected chi connectivity index (χ1v) is 8.17. The molecular weight excluding hydrogens is 278 g/mol. The fourth-order valence-electron chi connectivity index (χ4n) is 1.59. The fourth-order valence-corrected chi connectivity index (χ4v) is 2.73. The van der Waals surface area contributed by atoms with Crippen molar-refractivity contribution in [3.63, 3.8) is 0 Å². The number of carbonyl (C=O) groups is 1. The Hall–Kier alpha value is -1.60. The average molecular weight is 299 g/mol. The van der Waals surface area contributed by atoms with Crippen molar-refractivity contribution in [2.24, 2.45) is 0 Å². The van der Waals surface area contributed by atoms with E-state index in [1.165, 1.54) is 0 Å². The minimum atomic E-state index is -3.29. The van der Waals surface area contributed by atoms with E-state index in [0.717, 1.165) is 0 Å². The van der Waals surface area contributed by atoms with Crippen LogP contribution in [0.25, 0.3) is 0 Å². The molecule has 20 heavy (non-hydrogen) atoms. The lowest BCUT2D eigenvalue weighted by Crippen LogP contribution is -2.30. The molecule has 0 aliphatic rings. The summed E-state index contributed by atoms with van der Waals surface area (Å²) in [6.07, 6.45) is 0.557. The summed E-state index contributed by atoms with van der Waals surface area (Å²) in [4.78, 5) is 11.7. The first-order valence-electron chi connectivity index (χ1n) is 6.52. The number of hydrogen-bond acceptors (Lipinski definition) is 4. The predicted octanol–water partition coefficient (Wildman–Crippen LogP) is 0.788. The summed E-state index contributed by atoms with van der Waals surface area (Å²) in [5.74, 6) is -0.0950. The molecule has 0 aliphatic carbocycles. The molecule has 1 aromatic rings. The molecule has 0 atom stereocenters. The minimum absolute atomic E-state index is 0.0826. The molecule has 0 heterocycles. The molecule has 0 fully saturated rings. The van der Waals surface area contributed by atoms with E-state index in [1.54, 1.807) is 31.2 Å². The number of amides is 1. The van der Waals surface area contributed by atoms with E-state index >= 15 is 0 Å². The zero-order valence-corrected chi connectivity index (χ0v) is 12.6. The van der Waals surface area contributed by atoms with Crippen LogP contribution >= 0.6 is 0 Å². The quantitative estimate of drug-likeness (QED) is 0.619. The van der Waals surface area contributed by atoms with E-state index in [-0.39, 0.29) is 11.7 Å². The fraction of sp³-hybridized carbons (Fsp3) is 0.462. The third-order valence-electron chi connectivity index (χ3n) is 2.55. The average Bonchev–Trinajstić information content (AvgIpc) is 2.39. The molecule has 0 radical (unpaired) electrons. The molecule has 0 saturated heterocycles. The van der Waals surface area contributed by atoms with E-state index < -0.39 is 10.0 Å². The Morgan fingerprint density at radius 3 is 2.35 bits per heavy atom. The van der Waals surface area contributed by atoms with Crippen molar-refractivity contribution >= 4 is 21.6 Å². The lowest BCUT2D eigenvalue weighted by Gasteiger charge is -2.08. The Kier molecular flexibility index (Phi) is 6.47. The van der Waals surface area contributed by atoms with Gasteiger partial charge >= 0.3 is 0 Å². The number of anilines is 1. The Bertz CT molecular complexity index is 526. The van der Waals surface area contributed by atoms with Gasteiger partial charge in [-0.3, -0.25) is 9.52 Å². The van der Waals surface area contributed by atoms with Gasteiger partial charge in [-0.15, -0.1) is 0 Å². The lowest BCUT2D eigenvalue weighted by atomic mass is 10.2. The van der Waals surface area contributed by atoms with Gasteiger partial charge in [0.1, 0.15) is 0 Å². The molecule has 0 spiro atoms. The van der Waals surface area contributed by atoms with Crippen LogP contribution in [0.2, 0.25) is 0 Å². The van der Waals surface area contributed by atoms with Crippen LogP contribution in [0.15, 0.2) is 24.3 Å². The van der Waals surface area contributed by atoms with Crippen LogP contribution in [0.4, 0.5) is 5.69 Å². The molecule has 0 bridgehead atoms. The lowest BCUT2D eigenvalue weighted by molar-refractivity contribution is 0.0954. The highest BCUT2D eigenvalue weighted by Crippen LogP contribution is 2.11. The van der Waals surface area contributed by atoms with E-state index in [2.05, 4.69) is 15.4 Å². The number of sulfonamides is 1. The molecule has 0 saturated carbocycles. The van der Waals surface area contributed by atoms with E-state index in [1.807, 2.05) is 7.05 Å². The van der Waals surface area contributed by atoms with Crippen molar-refractivity contribution in [2.45, 2.75) is 13.3 Å². The molecule has 6 nitrogen and oxygen atoms in total. The van der Waals surface area contributed by atoms with Crippen molar-refractivity contribution in [1.82, 2.24) is 10.6 Å². The maximum atomic E-state index is 11.7. The molecule has 3 N–H and O–H groups in total. The predicted molar refractivity (Wildman–Crippen MR) is 80.4 cm³/mol. The smallest absolute Gasteiger partial charge is 0.251 e. The Balaban J connectivity index is 2.62. The Morgan fingerprint density at radius 2 is 1.80 bits per heavy atom. The van der Waals surface area contributed by atoms with Crippen LogP contribution < -0.4 is 15.4 Å². The van der Waals surface area contributed by atoms with Crippen LogP contribution in [-0.2, 0) is 10.0 Å². The summed E-state index contributed by atoms with van der Waals surface area (Å²) in [7, 11) is -1.49. The normalized spacial score (nSPS) is 11.1. The molecule has 0 aliphatic heterocycles. The van der Waals surface area contributed by atoms with Gasteiger partial charge in [-0.1, -0.05) is 6.92 Å². The Morgan fingerprint density at radius 1 is 1.15 bits per heavy atom. The SMILES string of the molecule is CCCS(=O)(=O)Nc1ccc(C(=O)NCCNC)cc1. The monoisotopic (exact) mass is 299 g/mol. The number of carbonyl (C=O) groups excluding carboxylic acids is 1. The second-order valence-corrected chi connectivity index (χ2v) is 6.20. The minimum Gasteiger partial charge on any atom is -0.351 e. The van der Waals surface area contributed by atoms with E-state index in [9.17, 15) is 13.2 Å². The number of likely N-dealkylation sites (N-methyl/N-ethyl adjacent to an activating group) is 1. The summed E-state index contributed by atoms with van der Waals surface area (Å²) in [6.45, 7) is 3.04. The van der Waals surface area contributed by atoms with Gasteiger partial charge in [0.05, 0.1) is 5.75 Å². The highest BCUT2D eigenvalue weighted by molar-refractivity contribution is 7.92. The van der Waals surface area contributed by atoms with Gasteiger partial charge in [-0.25, -0.2) is 8.42 Å². The van der Waals surface area contributed by atoms with Crippen molar-refractivity contribution in [2.75, 3.05) is 30.6 Å². The third kappa shape index (κ3) is 5.58. The summed E-state index contributed by atoms with van der Waals surface area (Å²) >= 11 is 0. The standard InChI is InChI=1S/C13H21N3O3S/c1-3-10-20(18,19)16-12-6-4-11(5-7-12)13(17)15-9-8-14-2/h4-7,14,16H,3,8-10H2,1-2H3,(H,15,17). The molecule has 7 heteroatoms. The summed E-state index contributed by atoms with van der Waals surface area (Å²) < 4.78 is 25.7. The topological polar surface area (TPSA) is 87.3 Å². The zero-order valence-electron chi connectivity index (χ0n) is 11.8. The van der Waals surface area contributed by atoms with Crippen LogP contribution in [0, 0.1) is 0 Å². The number of hydrogen-bond donors (Lipinski definition) is 3. The molecule has 1 rings (SSSR count). The van der Waals surface area contributed by atoms with E-state index in [4.69, 9.17) is 0 Å². The molecule has 1 amide bonds. The van der Waals surface area contributed by atoms with Gasteiger partial charge in [0.2, 0.25) is 10.0 Å². The third-order valence-corrected chi connectivity index (χ3v) is 4.05. The van der Waals surface area contributed by atoms with Gasteiger partial charge in [0.15, 0.2) is 0 Å². The van der Waals surface area contributed by atoms with Gasteiger partial charge in [-0.05, 0) is 37.7 Å². The second kappa shape index (κ2) is 7.86. The molecule has 0 unspecified atom stereocenters. The number of benzene rings is 1. The first kappa shape index (κ1) is 16.5. The largest absolute Gasteiger partial charge is 0.351 e. The zero-order chi connectivity index (χ0) is 15.0. The van der Waals surface area contributed by atoms with Crippen molar-refractivity contribution in [3.05, 3.63) is 29.8 Å². The van der Waals surface area contributed by atoms with E-state index in [0.29, 0.717) is 30.8 Å². The first-order chi connectivity index (χ1) is 9.48. The highest BCUT2D eigenvalue weighted by atomic mass is 32.2. The van der Waals surface area contributed by atoms with Crippen LogP contribution in [0.1, 0.15) is 23.7 Å². The summed E-state index contributed by atoms with van der Waals surface area (Å²) in [5.41, 5.74) is 0.963. The van der Waals surface area contributed by atoms with Crippen LogP contribution in [0.3, 0.4) is 0 Å². The van der Waals surface area contributed by atoms with Gasteiger partial charge < -0.3 is 10.6 Å². The molecule has 1 aromatic carbocycles. The van der Waals surface area contributed by atoms with Gasteiger partial charge in [0.25, 0.3) is 5.91 Å². The van der Waals surface area contributed by atoms with Crippen LogP contribution in [-0.4, -0.2) is 40.2 Å². The number of rotatable bonds is 8. The van der Waals surface area contributed by atoms with Crippen LogP contribution in [0.5, 0.6) is 0 Å². The summed E-state index contributed by atoms with van der Waals surface area (Å²) in [6, 6.07) is 6.36. The second-order valence-electron chi connectivity index (χ2n) is 4.36. The maximum Gasteiger partial charge on any atom is 0.251 e. The molecule has 0 aromatic heterocycles. The maximum absolute atomic E-state index is 11.7. The van der Waals surface area contributed by atoms with Crippen molar-refractivity contribution in [3.8, 4) is 0 Å². The number of nitrogens with one attached hydrogen (secondary N) is 3. The summed E-state index contributed by atoms with van der Waals surface area (Å²) in [5, 5.41) is 5.68. The highest BCUT2D eigenvalue weighted by Gasteiger charge is 2.09. The van der Waals surface area contributed by atoms with Gasteiger partial charge in [0, 0.05) is 24.3 Å². The van der Waals surface area contributed by atoms with Crippen molar-refractivity contribution in [1.29, 1.82) is 0 Å². The van der Waals surface area contributed by atoms with Gasteiger partial charge in [-0.2, -0.15) is 0 Å². The van der Waals surface area contributed by atoms with Crippen molar-refractivity contribution < 1.29 is 13.2 Å². The molecule has 112 valence electrons.